The Morgan fingerprint density at radius 3 is 0.862 bits per heavy atom. The average Bonchev–Trinajstić information content (AvgIpc) is 3.79. The maximum absolute atomic E-state index is 2.53. The molecule has 0 heterocycles. The van der Waals surface area contributed by atoms with E-state index in [4.69, 9.17) is 0 Å². The molecule has 0 heteroatoms. The summed E-state index contributed by atoms with van der Waals surface area (Å²) >= 11 is 0. The van der Waals surface area contributed by atoms with Crippen molar-refractivity contribution in [1.29, 1.82) is 0 Å². The highest BCUT2D eigenvalue weighted by atomic mass is 14.3. The summed E-state index contributed by atoms with van der Waals surface area (Å²) < 4.78 is 0. The van der Waals surface area contributed by atoms with Crippen LogP contribution in [0.3, 0.4) is 0 Å². The number of benzene rings is 11. The molecule has 0 N–H and O–H groups in total. The highest BCUT2D eigenvalue weighted by molar-refractivity contribution is 6.42. The lowest BCUT2D eigenvalue weighted by Gasteiger charge is -2.16. The summed E-state index contributed by atoms with van der Waals surface area (Å²) in [6.07, 6.45) is 0. The molecule has 0 saturated carbocycles. The van der Waals surface area contributed by atoms with E-state index in [-0.39, 0.29) is 0 Å². The summed E-state index contributed by atoms with van der Waals surface area (Å²) in [5.74, 6) is 0. The number of rotatable bonds is 4. The van der Waals surface area contributed by atoms with Gasteiger partial charge in [-0.1, -0.05) is 182 Å². The van der Waals surface area contributed by atoms with Gasteiger partial charge in [-0.25, -0.2) is 0 Å². The van der Waals surface area contributed by atoms with E-state index in [0.717, 1.165) is 0 Å². The Hall–Kier alpha value is -7.54. The van der Waals surface area contributed by atoms with Crippen molar-refractivity contribution in [2.24, 2.45) is 0 Å². The zero-order valence-corrected chi connectivity index (χ0v) is 31.6. The van der Waals surface area contributed by atoms with E-state index in [9.17, 15) is 0 Å². The lowest BCUT2D eigenvalue weighted by atomic mass is 9.87. The third kappa shape index (κ3) is 4.40. The third-order valence-electron chi connectivity index (χ3n) is 12.9. The Balaban J connectivity index is 1.24. The van der Waals surface area contributed by atoms with Gasteiger partial charge in [0.25, 0.3) is 0 Å². The second-order valence-corrected chi connectivity index (χ2v) is 15.9. The van der Waals surface area contributed by atoms with Crippen molar-refractivity contribution in [2.45, 2.75) is 0 Å². The van der Waals surface area contributed by atoms with Gasteiger partial charge in [-0.2, -0.15) is 0 Å². The van der Waals surface area contributed by atoms with Crippen LogP contribution in [-0.4, -0.2) is 0 Å². The molecule has 0 bridgehead atoms. The molecule has 0 radical (unpaired) electrons. The molecular weight excluding hydrogens is 697 g/mol. The number of hydrogen-bond donors (Lipinski definition) is 0. The summed E-state index contributed by atoms with van der Waals surface area (Å²) in [4.78, 5) is 0. The Bertz CT molecular complexity index is 3480. The van der Waals surface area contributed by atoms with E-state index in [1.807, 2.05) is 0 Å². The monoisotopic (exact) mass is 730 g/mol. The highest BCUT2D eigenvalue weighted by Gasteiger charge is 2.23. The fourth-order valence-corrected chi connectivity index (χ4v) is 10.4. The molecule has 0 spiro atoms. The van der Waals surface area contributed by atoms with Crippen LogP contribution in [0, 0.1) is 0 Å². The minimum Gasteiger partial charge on any atom is -0.0622 e. The van der Waals surface area contributed by atoms with Gasteiger partial charge in [0, 0.05) is 0 Å². The smallest absolute Gasteiger partial charge is 0.00137 e. The average molecular weight is 731 g/mol. The lowest BCUT2D eigenvalue weighted by molar-refractivity contribution is 1.66. The topological polar surface area (TPSA) is 0 Å². The summed E-state index contributed by atoms with van der Waals surface area (Å²) in [5.41, 5.74) is 9.99. The predicted molar refractivity (Wildman–Crippen MR) is 251 cm³/mol. The van der Waals surface area contributed by atoms with Crippen molar-refractivity contribution in [3.05, 3.63) is 206 Å². The molecule has 0 aliphatic heterocycles. The Labute approximate surface area is 335 Å². The van der Waals surface area contributed by atoms with Gasteiger partial charge in [-0.3, -0.25) is 0 Å². The van der Waals surface area contributed by atoms with Gasteiger partial charge in [0.05, 0.1) is 0 Å². The van der Waals surface area contributed by atoms with E-state index in [1.165, 1.54) is 131 Å². The molecule has 13 aromatic rings. The van der Waals surface area contributed by atoms with Crippen molar-refractivity contribution >= 4 is 86.2 Å². The molecule has 0 amide bonds. The van der Waals surface area contributed by atoms with Crippen LogP contribution in [0.25, 0.3) is 131 Å². The normalized spacial score (nSPS) is 12.1. The van der Waals surface area contributed by atoms with Crippen LogP contribution in [-0.2, 0) is 0 Å². The van der Waals surface area contributed by atoms with Gasteiger partial charge >= 0.3 is 0 Å². The fourth-order valence-electron chi connectivity index (χ4n) is 10.4. The molecule has 0 aliphatic carbocycles. The SMILES string of the molecule is c1ccc(-c2ccc3c(c2)c2cc4c5cc6c7cc(-c8ccccc8)ccc7c7ccc(-c8ccccc8)c(c5ccc4c4c(-c5ccccc5)ccc3c24)c76)cc1. The number of hydrogen-bond acceptors (Lipinski definition) is 0. The Kier molecular flexibility index (Phi) is 6.54. The highest BCUT2D eigenvalue weighted by Crippen LogP contribution is 2.51. The van der Waals surface area contributed by atoms with E-state index >= 15 is 0 Å². The first-order valence-electron chi connectivity index (χ1n) is 20.3. The molecule has 13 aromatic carbocycles. The van der Waals surface area contributed by atoms with Gasteiger partial charge in [-0.15, -0.1) is 0 Å². The van der Waals surface area contributed by atoms with Crippen LogP contribution >= 0.6 is 0 Å². The quantitative estimate of drug-likeness (QED) is 0.158. The molecule has 0 aromatic heterocycles. The minimum atomic E-state index is 1.24. The van der Waals surface area contributed by atoms with Crippen molar-refractivity contribution in [2.75, 3.05) is 0 Å². The molecule has 266 valence electrons. The van der Waals surface area contributed by atoms with Gasteiger partial charge in [-0.05, 0) is 155 Å². The van der Waals surface area contributed by atoms with Gasteiger partial charge < -0.3 is 0 Å². The summed E-state index contributed by atoms with van der Waals surface area (Å²) in [5, 5.41) is 21.0. The van der Waals surface area contributed by atoms with Gasteiger partial charge in [0.2, 0.25) is 0 Å². The standard InChI is InChI=1S/C58H34/c1-5-13-35(14-6-1)39-21-23-43-45-27-25-41(37-17-9-3-10-18-37)55-47-29-30-48-52(51(47)33-53(57(45)55)49(43)31-39)34-54-50-32-40(36-15-7-2-8-16-36)22-24-44(50)46-28-26-42(56(48)58(46)54)38-19-11-4-12-20-38/h1-34H. The first kappa shape index (κ1) is 31.6. The van der Waals surface area contributed by atoms with Crippen LogP contribution in [0.5, 0.6) is 0 Å². The molecule has 0 nitrogen and oxygen atoms in total. The summed E-state index contributed by atoms with van der Waals surface area (Å²) in [6.45, 7) is 0. The molecule has 0 atom stereocenters. The van der Waals surface area contributed by atoms with E-state index < -0.39 is 0 Å². The van der Waals surface area contributed by atoms with Gasteiger partial charge in [0.15, 0.2) is 0 Å². The molecule has 13 rings (SSSR count). The van der Waals surface area contributed by atoms with E-state index in [0.29, 0.717) is 0 Å². The van der Waals surface area contributed by atoms with Crippen LogP contribution in [0.2, 0.25) is 0 Å². The maximum atomic E-state index is 2.53. The molecule has 0 fully saturated rings. The van der Waals surface area contributed by atoms with Crippen LogP contribution < -0.4 is 0 Å². The van der Waals surface area contributed by atoms with Crippen LogP contribution in [0.15, 0.2) is 206 Å². The maximum Gasteiger partial charge on any atom is -0.00137 e. The van der Waals surface area contributed by atoms with Crippen molar-refractivity contribution in [1.82, 2.24) is 0 Å². The van der Waals surface area contributed by atoms with Gasteiger partial charge in [0.1, 0.15) is 0 Å². The zero-order valence-electron chi connectivity index (χ0n) is 31.6. The van der Waals surface area contributed by atoms with Crippen LogP contribution in [0.4, 0.5) is 0 Å². The Morgan fingerprint density at radius 2 is 0.466 bits per heavy atom. The second-order valence-electron chi connectivity index (χ2n) is 15.9. The first-order chi connectivity index (χ1) is 28.8. The zero-order chi connectivity index (χ0) is 37.9. The van der Waals surface area contributed by atoms with E-state index in [2.05, 4.69) is 206 Å². The lowest BCUT2D eigenvalue weighted by Crippen LogP contribution is -1.88. The van der Waals surface area contributed by atoms with Crippen molar-refractivity contribution in [3.8, 4) is 44.5 Å². The predicted octanol–water partition coefficient (Wildman–Crippen LogP) is 16.5. The number of fused-ring (bicyclic) bond motifs is 11. The Morgan fingerprint density at radius 1 is 0.155 bits per heavy atom. The summed E-state index contributed by atoms with van der Waals surface area (Å²) in [6, 6.07) is 77.0. The second kappa shape index (κ2) is 12.0. The summed E-state index contributed by atoms with van der Waals surface area (Å²) in [7, 11) is 0. The largest absolute Gasteiger partial charge is 0.0622 e. The molecule has 58 heavy (non-hydrogen) atoms. The first-order valence-corrected chi connectivity index (χ1v) is 20.3. The molecular formula is C58H34. The van der Waals surface area contributed by atoms with Crippen LogP contribution in [0.1, 0.15) is 0 Å². The molecule has 0 aliphatic rings. The molecule has 0 saturated heterocycles. The fraction of sp³-hybridized carbons (Fsp3) is 0. The van der Waals surface area contributed by atoms with Crippen molar-refractivity contribution < 1.29 is 0 Å². The van der Waals surface area contributed by atoms with Crippen molar-refractivity contribution in [3.63, 3.8) is 0 Å². The van der Waals surface area contributed by atoms with E-state index in [1.54, 1.807) is 0 Å². The minimum absolute atomic E-state index is 1.24. The third-order valence-corrected chi connectivity index (χ3v) is 12.9. The molecule has 0 unspecified atom stereocenters.